The molecular weight excluding hydrogens is 192 g/mol. The topological polar surface area (TPSA) is 25.4 Å². The van der Waals surface area contributed by atoms with E-state index in [9.17, 15) is 0 Å². The van der Waals surface area contributed by atoms with Crippen LogP contribution in [0.5, 0.6) is 0 Å². The van der Waals surface area contributed by atoms with Gasteiger partial charge in [0.25, 0.3) is 0 Å². The van der Waals surface area contributed by atoms with E-state index >= 15 is 0 Å². The van der Waals surface area contributed by atoms with Crippen LogP contribution in [0.25, 0.3) is 0 Å². The maximum absolute atomic E-state index is 5.31. The number of nitrogens with zero attached hydrogens (tertiary/aromatic N) is 2. The number of hydrogen-bond acceptors (Lipinski definition) is 5. The van der Waals surface area contributed by atoms with E-state index in [-0.39, 0.29) is 5.44 Å². The third-order valence-corrected chi connectivity index (χ3v) is 2.88. The van der Waals surface area contributed by atoms with Crippen molar-refractivity contribution in [3.63, 3.8) is 0 Å². The van der Waals surface area contributed by atoms with Crippen LogP contribution in [-0.4, -0.2) is 30.1 Å². The zero-order chi connectivity index (χ0) is 8.39. The third-order valence-electron chi connectivity index (χ3n) is 1.74. The van der Waals surface area contributed by atoms with E-state index in [1.54, 1.807) is 11.3 Å². The molecule has 1 aliphatic heterocycles. The Morgan fingerprint density at radius 3 is 3.33 bits per heavy atom. The molecular formula is C7H10N2OS2. The lowest BCUT2D eigenvalue weighted by molar-refractivity contribution is 0.0997. The summed E-state index contributed by atoms with van der Waals surface area (Å²) in [6, 6.07) is 0. The van der Waals surface area contributed by atoms with Crippen molar-refractivity contribution in [1.82, 2.24) is 4.98 Å². The number of hydrogen-bond donors (Lipinski definition) is 1. The number of aromatic nitrogens is 1. The van der Waals surface area contributed by atoms with Crippen molar-refractivity contribution in [1.29, 1.82) is 0 Å². The summed E-state index contributed by atoms with van der Waals surface area (Å²) in [7, 11) is 0. The summed E-state index contributed by atoms with van der Waals surface area (Å²) in [5.41, 5.74) is 0.0302. The first-order valence-corrected chi connectivity index (χ1v) is 5.20. The molecule has 66 valence electrons. The van der Waals surface area contributed by atoms with Gasteiger partial charge in [0, 0.05) is 18.1 Å². The first kappa shape index (κ1) is 8.34. The van der Waals surface area contributed by atoms with Crippen LogP contribution in [-0.2, 0) is 4.74 Å². The van der Waals surface area contributed by atoms with Crippen LogP contribution in [0.15, 0.2) is 11.6 Å². The highest BCUT2D eigenvalue weighted by Crippen LogP contribution is 2.20. The van der Waals surface area contributed by atoms with Crippen molar-refractivity contribution >= 4 is 29.1 Å². The van der Waals surface area contributed by atoms with E-state index in [4.69, 9.17) is 4.74 Å². The summed E-state index contributed by atoms with van der Waals surface area (Å²) in [5, 5.41) is 3.05. The fourth-order valence-electron chi connectivity index (χ4n) is 1.18. The number of ether oxygens (including phenoxy) is 1. The molecule has 1 aromatic heterocycles. The molecule has 0 bridgehead atoms. The highest BCUT2D eigenvalue weighted by molar-refractivity contribution is 7.80. The summed E-state index contributed by atoms with van der Waals surface area (Å²) < 4.78 is 5.31. The van der Waals surface area contributed by atoms with Gasteiger partial charge >= 0.3 is 0 Å². The van der Waals surface area contributed by atoms with E-state index < -0.39 is 0 Å². The second-order valence-corrected chi connectivity index (χ2v) is 4.04. The van der Waals surface area contributed by atoms with E-state index in [0.717, 1.165) is 24.8 Å². The Hall–Kier alpha value is -0.260. The predicted octanol–water partition coefficient (Wildman–Crippen LogP) is 1.24. The Kier molecular flexibility index (Phi) is 2.53. The molecule has 0 radical (unpaired) electrons. The first-order chi connectivity index (χ1) is 5.86. The zero-order valence-corrected chi connectivity index (χ0v) is 8.22. The second-order valence-electron chi connectivity index (χ2n) is 2.59. The summed E-state index contributed by atoms with van der Waals surface area (Å²) in [5.74, 6) is 0. The molecule has 2 rings (SSSR count). The average molecular weight is 202 g/mol. The van der Waals surface area contributed by atoms with Gasteiger partial charge in [0.2, 0.25) is 0 Å². The van der Waals surface area contributed by atoms with Crippen LogP contribution in [0.1, 0.15) is 0 Å². The monoisotopic (exact) mass is 202 g/mol. The summed E-state index contributed by atoms with van der Waals surface area (Å²) in [6.07, 6.45) is 1.82. The van der Waals surface area contributed by atoms with E-state index in [1.807, 2.05) is 11.6 Å². The average Bonchev–Trinajstić information content (AvgIpc) is 2.56. The third kappa shape index (κ3) is 1.73. The van der Waals surface area contributed by atoms with Crippen LogP contribution in [0.3, 0.4) is 0 Å². The Morgan fingerprint density at radius 1 is 1.75 bits per heavy atom. The van der Waals surface area contributed by atoms with E-state index in [0.29, 0.717) is 0 Å². The van der Waals surface area contributed by atoms with Crippen LogP contribution in [0.4, 0.5) is 5.13 Å². The molecule has 0 amide bonds. The quantitative estimate of drug-likeness (QED) is 0.694. The van der Waals surface area contributed by atoms with Gasteiger partial charge in [-0.15, -0.1) is 24.0 Å². The molecule has 0 aliphatic carbocycles. The summed E-state index contributed by atoms with van der Waals surface area (Å²) in [4.78, 5) is 6.43. The molecule has 0 aromatic carbocycles. The molecule has 0 saturated carbocycles. The largest absolute Gasteiger partial charge is 0.364 e. The first-order valence-electron chi connectivity index (χ1n) is 3.80. The minimum Gasteiger partial charge on any atom is -0.364 e. The molecule has 1 atom stereocenters. The van der Waals surface area contributed by atoms with Gasteiger partial charge < -0.3 is 9.64 Å². The minimum atomic E-state index is 0.0302. The van der Waals surface area contributed by atoms with Crippen LogP contribution < -0.4 is 4.90 Å². The number of anilines is 1. The van der Waals surface area contributed by atoms with Gasteiger partial charge in [-0.2, -0.15) is 0 Å². The molecule has 1 fully saturated rings. The Balaban J connectivity index is 2.04. The minimum absolute atomic E-state index is 0.0302. The summed E-state index contributed by atoms with van der Waals surface area (Å²) >= 11 is 5.92. The number of thiazole rings is 1. The SMILES string of the molecule is SC1CN(c2nccs2)CCO1. The number of rotatable bonds is 1. The van der Waals surface area contributed by atoms with Crippen LogP contribution in [0, 0.1) is 0 Å². The Morgan fingerprint density at radius 2 is 2.67 bits per heavy atom. The lowest BCUT2D eigenvalue weighted by Gasteiger charge is -2.30. The molecule has 3 nitrogen and oxygen atoms in total. The fraction of sp³-hybridized carbons (Fsp3) is 0.571. The molecule has 1 aromatic rings. The molecule has 1 aliphatic rings. The predicted molar refractivity (Wildman–Crippen MR) is 53.1 cm³/mol. The standard InChI is InChI=1S/C7H10N2OS2/c11-6-5-9(2-3-10-6)7-8-1-4-12-7/h1,4,6,11H,2-3,5H2. The molecule has 0 N–H and O–H groups in total. The lowest BCUT2D eigenvalue weighted by atomic mass is 10.4. The smallest absolute Gasteiger partial charge is 0.185 e. The van der Waals surface area contributed by atoms with Gasteiger partial charge in [0.15, 0.2) is 5.13 Å². The van der Waals surface area contributed by atoms with Gasteiger partial charge in [-0.3, -0.25) is 0 Å². The van der Waals surface area contributed by atoms with Crippen molar-refractivity contribution < 1.29 is 4.74 Å². The molecule has 0 spiro atoms. The van der Waals surface area contributed by atoms with Crippen molar-refractivity contribution in [2.24, 2.45) is 0 Å². The highest BCUT2D eigenvalue weighted by Gasteiger charge is 2.18. The number of morpholine rings is 1. The van der Waals surface area contributed by atoms with Crippen molar-refractivity contribution in [2.45, 2.75) is 5.44 Å². The summed E-state index contributed by atoms with van der Waals surface area (Å²) in [6.45, 7) is 2.49. The Bertz CT molecular complexity index is 240. The number of thiol groups is 1. The maximum atomic E-state index is 5.31. The highest BCUT2D eigenvalue weighted by atomic mass is 32.1. The van der Waals surface area contributed by atoms with Crippen molar-refractivity contribution in [3.05, 3.63) is 11.6 Å². The van der Waals surface area contributed by atoms with Gasteiger partial charge in [-0.05, 0) is 0 Å². The van der Waals surface area contributed by atoms with Crippen LogP contribution in [0.2, 0.25) is 0 Å². The normalized spacial score (nSPS) is 24.4. The lowest BCUT2D eigenvalue weighted by Crippen LogP contribution is -2.40. The van der Waals surface area contributed by atoms with Crippen LogP contribution >= 0.6 is 24.0 Å². The van der Waals surface area contributed by atoms with E-state index in [2.05, 4.69) is 22.5 Å². The van der Waals surface area contributed by atoms with Gasteiger partial charge in [0.1, 0.15) is 5.44 Å². The van der Waals surface area contributed by atoms with Gasteiger partial charge in [-0.25, -0.2) is 4.98 Å². The Labute approximate surface area is 80.8 Å². The molecule has 2 heterocycles. The molecule has 12 heavy (non-hydrogen) atoms. The zero-order valence-electron chi connectivity index (χ0n) is 6.51. The van der Waals surface area contributed by atoms with Gasteiger partial charge in [-0.1, -0.05) is 0 Å². The molecule has 1 saturated heterocycles. The molecule has 1 unspecified atom stereocenters. The maximum Gasteiger partial charge on any atom is 0.185 e. The molecule has 5 heteroatoms. The van der Waals surface area contributed by atoms with Crippen molar-refractivity contribution in [2.75, 3.05) is 24.6 Å². The van der Waals surface area contributed by atoms with Gasteiger partial charge in [0.05, 0.1) is 13.2 Å². The second kappa shape index (κ2) is 3.64. The fourth-order valence-corrected chi connectivity index (χ4v) is 2.16. The van der Waals surface area contributed by atoms with E-state index in [1.165, 1.54) is 0 Å². The van der Waals surface area contributed by atoms with Crippen molar-refractivity contribution in [3.8, 4) is 0 Å².